The number of phenolic OH excluding ortho intramolecular Hbond substituents is 1. The van der Waals surface area contributed by atoms with Crippen molar-refractivity contribution in [1.29, 1.82) is 0 Å². The van der Waals surface area contributed by atoms with Gasteiger partial charge in [-0.05, 0) is 78.7 Å². The lowest BCUT2D eigenvalue weighted by Gasteiger charge is -2.15. The monoisotopic (exact) mass is 587 g/mol. The molecule has 3 aromatic carbocycles. The fraction of sp³-hybridized carbons (Fsp3) is 0.303. The molecular formula is C33H33NO9. The molecule has 43 heavy (non-hydrogen) atoms. The van der Waals surface area contributed by atoms with Gasteiger partial charge in [-0.3, -0.25) is 9.59 Å². The number of aliphatic carboxylic acids is 1. The van der Waals surface area contributed by atoms with Gasteiger partial charge in [-0.2, -0.15) is 0 Å². The number of benzene rings is 3. The first-order valence-corrected chi connectivity index (χ1v) is 14.1. The summed E-state index contributed by atoms with van der Waals surface area (Å²) in [5.41, 5.74) is 2.71. The molecule has 0 atom stereocenters. The van der Waals surface area contributed by atoms with Crippen LogP contribution in [-0.4, -0.2) is 47.1 Å². The average Bonchev–Trinajstić information content (AvgIpc) is 3.71. The molecule has 10 heteroatoms. The highest BCUT2D eigenvalue weighted by Gasteiger charge is 2.20. The average molecular weight is 588 g/mol. The van der Waals surface area contributed by atoms with Gasteiger partial charge in [-0.1, -0.05) is 24.3 Å². The molecular weight excluding hydrogens is 554 g/mol. The molecule has 1 aromatic heterocycles. The minimum Gasteiger partial charge on any atom is -0.507 e. The van der Waals surface area contributed by atoms with E-state index in [1.807, 2.05) is 24.3 Å². The van der Waals surface area contributed by atoms with Crippen LogP contribution < -0.4 is 14.2 Å². The Morgan fingerprint density at radius 2 is 1.77 bits per heavy atom. The third-order valence-corrected chi connectivity index (χ3v) is 7.20. The number of carboxylic acids is 1. The smallest absolute Gasteiger partial charge is 0.303 e. The van der Waals surface area contributed by atoms with Crippen LogP contribution in [0.5, 0.6) is 23.1 Å². The van der Waals surface area contributed by atoms with Gasteiger partial charge >= 0.3 is 5.97 Å². The Kier molecular flexibility index (Phi) is 9.58. The molecule has 1 aliphatic rings. The Morgan fingerprint density at radius 3 is 2.49 bits per heavy atom. The van der Waals surface area contributed by atoms with Crippen LogP contribution in [0.4, 0.5) is 0 Å². The number of aryl methyl sites for hydroxylation is 1. The molecule has 5 rings (SSSR count). The molecule has 2 N–H and O–H groups in total. The summed E-state index contributed by atoms with van der Waals surface area (Å²) in [4.78, 5) is 24.6. The summed E-state index contributed by atoms with van der Waals surface area (Å²) in [5.74, 6) is 0.352. The van der Waals surface area contributed by atoms with Crippen molar-refractivity contribution in [1.82, 2.24) is 5.16 Å². The van der Waals surface area contributed by atoms with E-state index >= 15 is 0 Å². The molecule has 1 aliphatic carbocycles. The Hall–Kier alpha value is -4.83. The van der Waals surface area contributed by atoms with E-state index < -0.39 is 5.97 Å². The summed E-state index contributed by atoms with van der Waals surface area (Å²) in [6.07, 6.45) is 4.38. The zero-order valence-corrected chi connectivity index (χ0v) is 23.8. The van der Waals surface area contributed by atoms with Crippen LogP contribution in [0, 0.1) is 0 Å². The maximum absolute atomic E-state index is 13.3. The van der Waals surface area contributed by atoms with Crippen LogP contribution >= 0.6 is 0 Å². The third kappa shape index (κ3) is 7.72. The van der Waals surface area contributed by atoms with E-state index in [1.165, 1.54) is 13.2 Å². The van der Waals surface area contributed by atoms with Gasteiger partial charge < -0.3 is 33.7 Å². The minimum absolute atomic E-state index is 0.0667. The fourth-order valence-electron chi connectivity index (χ4n) is 4.94. The molecule has 1 heterocycles. The maximum Gasteiger partial charge on any atom is 0.303 e. The van der Waals surface area contributed by atoms with Crippen LogP contribution in [0.15, 0.2) is 71.3 Å². The van der Waals surface area contributed by atoms with Gasteiger partial charge in [0.15, 0.2) is 18.3 Å². The van der Waals surface area contributed by atoms with Crippen LogP contribution in [0.2, 0.25) is 0 Å². The lowest BCUT2D eigenvalue weighted by molar-refractivity contribution is -0.136. The number of ketones is 1. The number of carboxylic acid groups (broad SMARTS) is 1. The van der Waals surface area contributed by atoms with Crippen molar-refractivity contribution in [3.8, 4) is 34.5 Å². The zero-order valence-electron chi connectivity index (χ0n) is 23.8. The second-order valence-corrected chi connectivity index (χ2v) is 10.3. The SMILES string of the molecule is COCOc1cc(-c2ccc(COc3ccc(C(=O)c4ccc(OC5CCCC5)cc4O)cc3CCC(=O)O)cc2)on1. The second kappa shape index (κ2) is 13.9. The van der Waals surface area contributed by atoms with Gasteiger partial charge in [-0.15, -0.1) is 0 Å². The first-order chi connectivity index (χ1) is 20.9. The molecule has 1 fully saturated rings. The first-order valence-electron chi connectivity index (χ1n) is 14.1. The summed E-state index contributed by atoms with van der Waals surface area (Å²) in [6, 6.07) is 18.8. The number of ether oxygens (including phenoxy) is 4. The summed E-state index contributed by atoms with van der Waals surface area (Å²) in [6.45, 7) is 0.284. The molecule has 0 amide bonds. The summed E-state index contributed by atoms with van der Waals surface area (Å²) in [7, 11) is 1.52. The minimum atomic E-state index is -0.961. The number of carbonyl (C=O) groups excluding carboxylic acids is 1. The Labute approximate surface area is 248 Å². The highest BCUT2D eigenvalue weighted by Crippen LogP contribution is 2.31. The number of nitrogens with zero attached hydrogens (tertiary/aromatic N) is 1. The summed E-state index contributed by atoms with van der Waals surface area (Å²) < 4.78 is 27.4. The predicted molar refractivity (Wildman–Crippen MR) is 156 cm³/mol. The Balaban J connectivity index is 1.27. The molecule has 0 aliphatic heterocycles. The first kappa shape index (κ1) is 29.7. The van der Waals surface area contributed by atoms with Gasteiger partial charge in [-0.25, -0.2) is 0 Å². The lowest BCUT2D eigenvalue weighted by Crippen LogP contribution is -2.11. The number of methoxy groups -OCH3 is 1. The number of hydrogen-bond donors (Lipinski definition) is 2. The number of aromatic nitrogens is 1. The van der Waals surface area contributed by atoms with E-state index in [9.17, 15) is 19.8 Å². The van der Waals surface area contributed by atoms with E-state index in [0.29, 0.717) is 34.3 Å². The van der Waals surface area contributed by atoms with Crippen LogP contribution in [-0.2, 0) is 22.6 Å². The molecule has 224 valence electrons. The van der Waals surface area contributed by atoms with Gasteiger partial charge in [0.1, 0.15) is 23.9 Å². The molecule has 0 unspecified atom stereocenters. The summed E-state index contributed by atoms with van der Waals surface area (Å²) in [5, 5.41) is 23.7. The number of carbonyl (C=O) groups is 2. The van der Waals surface area contributed by atoms with Gasteiger partial charge in [0.25, 0.3) is 5.88 Å². The number of hydrogen-bond acceptors (Lipinski definition) is 9. The normalized spacial score (nSPS) is 13.1. The zero-order chi connectivity index (χ0) is 30.2. The van der Waals surface area contributed by atoms with Crippen molar-refractivity contribution in [3.63, 3.8) is 0 Å². The third-order valence-electron chi connectivity index (χ3n) is 7.20. The van der Waals surface area contributed by atoms with Crippen LogP contribution in [0.3, 0.4) is 0 Å². The van der Waals surface area contributed by atoms with E-state index in [1.54, 1.807) is 36.4 Å². The molecule has 0 saturated heterocycles. The standard InChI is InChI=1S/C33H33NO9/c1-39-20-41-31-18-30(43-34-31)22-8-6-21(7-9-22)19-40-29-14-10-24(16-23(29)11-15-32(36)37)33(38)27-13-12-26(17-28(27)35)42-25-4-2-3-5-25/h6-10,12-14,16-18,25,35H,2-5,11,15,19-20H2,1H3,(H,36,37). The van der Waals surface area contributed by atoms with Crippen molar-refractivity contribution >= 4 is 11.8 Å². The predicted octanol–water partition coefficient (Wildman–Crippen LogP) is 6.18. The molecule has 0 radical (unpaired) electrons. The van der Waals surface area contributed by atoms with E-state index in [4.69, 9.17) is 23.5 Å². The highest BCUT2D eigenvalue weighted by molar-refractivity contribution is 6.11. The van der Waals surface area contributed by atoms with E-state index in [2.05, 4.69) is 5.16 Å². The molecule has 10 nitrogen and oxygen atoms in total. The lowest BCUT2D eigenvalue weighted by atomic mass is 9.98. The van der Waals surface area contributed by atoms with E-state index in [-0.39, 0.29) is 49.4 Å². The highest BCUT2D eigenvalue weighted by atomic mass is 16.7. The summed E-state index contributed by atoms with van der Waals surface area (Å²) >= 11 is 0. The van der Waals surface area contributed by atoms with Crippen molar-refractivity contribution < 1.29 is 43.3 Å². The quantitative estimate of drug-likeness (QED) is 0.130. The second-order valence-electron chi connectivity index (χ2n) is 10.3. The fourth-order valence-corrected chi connectivity index (χ4v) is 4.94. The van der Waals surface area contributed by atoms with Crippen LogP contribution in [0.25, 0.3) is 11.3 Å². The molecule has 4 aromatic rings. The molecule has 1 saturated carbocycles. The van der Waals surface area contributed by atoms with Crippen LogP contribution in [0.1, 0.15) is 59.2 Å². The van der Waals surface area contributed by atoms with Gasteiger partial charge in [0.05, 0.1) is 11.7 Å². The maximum atomic E-state index is 13.3. The van der Waals surface area contributed by atoms with Gasteiger partial charge in [0, 0.05) is 36.8 Å². The van der Waals surface area contributed by atoms with Crippen molar-refractivity contribution in [2.75, 3.05) is 13.9 Å². The Morgan fingerprint density at radius 1 is 0.977 bits per heavy atom. The molecule has 0 spiro atoms. The topological polar surface area (TPSA) is 138 Å². The largest absolute Gasteiger partial charge is 0.507 e. The van der Waals surface area contributed by atoms with Crippen molar-refractivity contribution in [2.24, 2.45) is 0 Å². The van der Waals surface area contributed by atoms with Crippen molar-refractivity contribution in [3.05, 3.63) is 89.0 Å². The van der Waals surface area contributed by atoms with Crippen molar-refractivity contribution in [2.45, 2.75) is 51.2 Å². The number of rotatable bonds is 14. The number of phenols is 1. The van der Waals surface area contributed by atoms with Gasteiger partial charge in [0.2, 0.25) is 0 Å². The van der Waals surface area contributed by atoms with E-state index in [0.717, 1.165) is 36.8 Å². The molecule has 0 bridgehead atoms. The Bertz CT molecular complexity index is 1560. The number of aromatic hydroxyl groups is 1.